The molecule has 0 radical (unpaired) electrons. The van der Waals surface area contributed by atoms with E-state index in [1.54, 1.807) is 26.2 Å². The Morgan fingerprint density at radius 1 is 0.706 bits per heavy atom. The molecule has 0 aliphatic rings. The fourth-order valence-electron chi connectivity index (χ4n) is 1.22. The SMILES string of the molecule is C.C.C[Si](C)(O)O[Si](C)(C)O[Si](C)(C)O.II. The molecule has 0 aromatic heterocycles. The lowest BCUT2D eigenvalue weighted by atomic mass is 11.9. The van der Waals surface area contributed by atoms with Gasteiger partial charge in [0.2, 0.25) is 0 Å². The summed E-state index contributed by atoms with van der Waals surface area (Å²) in [5.41, 5.74) is 0. The van der Waals surface area contributed by atoms with Crippen LogP contribution in [0.3, 0.4) is 0 Å². The third-order valence-electron chi connectivity index (χ3n) is 0.991. The van der Waals surface area contributed by atoms with Crippen molar-refractivity contribution in [2.45, 2.75) is 54.1 Å². The molecule has 0 unspecified atom stereocenters. The molecule has 0 heterocycles. The molecule has 0 saturated carbocycles. The molecule has 0 aliphatic carbocycles. The second kappa shape index (κ2) is 10.7. The van der Waals surface area contributed by atoms with E-state index in [4.69, 9.17) is 8.23 Å². The maximum atomic E-state index is 9.56. The van der Waals surface area contributed by atoms with Crippen molar-refractivity contribution in [3.63, 3.8) is 0 Å². The molecule has 0 fully saturated rings. The second-order valence-electron chi connectivity index (χ2n) is 4.50. The van der Waals surface area contributed by atoms with Crippen molar-refractivity contribution in [2.75, 3.05) is 0 Å². The Labute approximate surface area is 134 Å². The Bertz CT molecular complexity index is 163. The molecule has 9 heteroatoms. The molecule has 0 aliphatic heterocycles. The highest BCUT2D eigenvalue weighted by Crippen LogP contribution is 2.17. The van der Waals surface area contributed by atoms with Gasteiger partial charge in [-0.25, -0.2) is 0 Å². The number of halogens is 2. The third-order valence-corrected chi connectivity index (χ3v) is 8.92. The molecule has 17 heavy (non-hydrogen) atoms. The van der Waals surface area contributed by atoms with Gasteiger partial charge in [-0.05, 0) is 39.3 Å². The van der Waals surface area contributed by atoms with Crippen LogP contribution in [0.1, 0.15) is 14.9 Å². The Hall–Kier alpha value is 1.95. The smallest absolute Gasteiger partial charge is 0.320 e. The van der Waals surface area contributed by atoms with E-state index in [2.05, 4.69) is 37.2 Å². The second-order valence-corrected chi connectivity index (χ2v) is 14.7. The van der Waals surface area contributed by atoms with Gasteiger partial charge in [-0.2, -0.15) is 0 Å². The topological polar surface area (TPSA) is 58.9 Å². The summed E-state index contributed by atoms with van der Waals surface area (Å²) in [6.07, 6.45) is 0. The van der Waals surface area contributed by atoms with E-state index in [0.29, 0.717) is 0 Å². The molecule has 0 amide bonds. The molecule has 0 atom stereocenters. The monoisotopic (exact) mass is 526 g/mol. The van der Waals surface area contributed by atoms with Crippen LogP contribution in [0.2, 0.25) is 39.3 Å². The van der Waals surface area contributed by atoms with Crippen LogP contribution in [0.15, 0.2) is 0 Å². The molecular formula is C8H28I2O4Si3. The fraction of sp³-hybridized carbons (Fsp3) is 1.00. The zero-order chi connectivity index (χ0) is 12.9. The Morgan fingerprint density at radius 3 is 1.00 bits per heavy atom. The number of hydrogen-bond donors (Lipinski definition) is 2. The highest BCUT2D eigenvalue weighted by Gasteiger charge is 2.38. The van der Waals surface area contributed by atoms with Gasteiger partial charge in [0, 0.05) is 37.2 Å². The minimum atomic E-state index is -2.54. The Balaban J connectivity index is -0.000000199. The van der Waals surface area contributed by atoms with Crippen LogP contribution in [0, 0.1) is 0 Å². The van der Waals surface area contributed by atoms with E-state index < -0.39 is 25.7 Å². The predicted molar refractivity (Wildman–Crippen MR) is 101 cm³/mol. The van der Waals surface area contributed by atoms with Gasteiger partial charge in [0.05, 0.1) is 0 Å². The standard InChI is InChI=1S/C6H20O4Si3.2CH4.I2/c1-11(2,7)9-13(5,6)10-12(3,4)8;;;1-2/h7-8H,1-6H3;2*1H4;. The molecule has 4 nitrogen and oxygen atoms in total. The van der Waals surface area contributed by atoms with Gasteiger partial charge in [0.15, 0.2) is 0 Å². The summed E-state index contributed by atoms with van der Waals surface area (Å²) in [7, 11) is -7.44. The lowest BCUT2D eigenvalue weighted by molar-refractivity contribution is 0.294. The van der Waals surface area contributed by atoms with Crippen molar-refractivity contribution >= 4 is 62.9 Å². The lowest BCUT2D eigenvalue weighted by Gasteiger charge is -2.33. The Kier molecular flexibility index (Phi) is 17.2. The summed E-state index contributed by atoms with van der Waals surface area (Å²) in [5, 5.41) is 0. The first kappa shape index (κ1) is 27.3. The van der Waals surface area contributed by atoms with Crippen LogP contribution >= 0.6 is 37.2 Å². The van der Waals surface area contributed by atoms with Gasteiger partial charge in [0.1, 0.15) is 0 Å². The maximum Gasteiger partial charge on any atom is 0.320 e. The van der Waals surface area contributed by atoms with Crippen LogP contribution < -0.4 is 0 Å². The van der Waals surface area contributed by atoms with Crippen molar-refractivity contribution in [1.29, 1.82) is 0 Å². The number of hydrogen-bond acceptors (Lipinski definition) is 4. The number of rotatable bonds is 4. The van der Waals surface area contributed by atoms with Gasteiger partial charge < -0.3 is 17.8 Å². The van der Waals surface area contributed by atoms with Crippen molar-refractivity contribution in [3.05, 3.63) is 0 Å². The molecule has 0 spiro atoms. The Morgan fingerprint density at radius 2 is 0.882 bits per heavy atom. The summed E-state index contributed by atoms with van der Waals surface area (Å²) >= 11 is 4.24. The average Bonchev–Trinajstić information content (AvgIpc) is 1.79. The lowest BCUT2D eigenvalue weighted by Crippen LogP contribution is -2.52. The first-order valence-corrected chi connectivity index (χ1v) is 19.2. The van der Waals surface area contributed by atoms with Crippen LogP contribution in [0.4, 0.5) is 0 Å². The highest BCUT2D eigenvalue weighted by molar-refractivity contribution is 15.0. The molecule has 0 aromatic carbocycles. The van der Waals surface area contributed by atoms with E-state index in [-0.39, 0.29) is 14.9 Å². The molecule has 0 saturated heterocycles. The molecule has 2 N–H and O–H groups in total. The molecule has 0 rings (SSSR count). The largest absolute Gasteiger partial charge is 0.416 e. The van der Waals surface area contributed by atoms with E-state index in [1.807, 2.05) is 13.1 Å². The van der Waals surface area contributed by atoms with E-state index in [1.165, 1.54) is 0 Å². The fourth-order valence-corrected chi connectivity index (χ4v) is 11.4. The van der Waals surface area contributed by atoms with E-state index in [0.717, 1.165) is 0 Å². The summed E-state index contributed by atoms with van der Waals surface area (Å²) in [6, 6.07) is 0. The summed E-state index contributed by atoms with van der Waals surface area (Å²) in [6.45, 7) is 10.4. The third kappa shape index (κ3) is 23.5. The van der Waals surface area contributed by atoms with Crippen LogP contribution in [0.5, 0.6) is 0 Å². The van der Waals surface area contributed by atoms with Gasteiger partial charge in [-0.3, -0.25) is 0 Å². The summed E-state index contributed by atoms with van der Waals surface area (Å²) < 4.78 is 11.0. The zero-order valence-corrected chi connectivity index (χ0v) is 17.3. The van der Waals surface area contributed by atoms with Crippen molar-refractivity contribution in [3.8, 4) is 0 Å². The normalized spacial score (nSPS) is 11.6. The maximum absolute atomic E-state index is 9.56. The van der Waals surface area contributed by atoms with E-state index >= 15 is 0 Å². The zero-order valence-electron chi connectivity index (χ0n) is 9.97. The molecular weight excluding hydrogens is 498 g/mol. The molecule has 110 valence electrons. The summed E-state index contributed by atoms with van der Waals surface area (Å²) in [4.78, 5) is 19.1. The van der Waals surface area contributed by atoms with Gasteiger partial charge in [-0.15, -0.1) is 0 Å². The molecule has 0 bridgehead atoms. The minimum Gasteiger partial charge on any atom is -0.416 e. The van der Waals surface area contributed by atoms with Crippen molar-refractivity contribution in [2.24, 2.45) is 0 Å². The first-order chi connectivity index (χ1) is 6.41. The highest BCUT2D eigenvalue weighted by atomic mass is 128. The van der Waals surface area contributed by atoms with Gasteiger partial charge >= 0.3 is 25.7 Å². The average molecular weight is 526 g/mol. The summed E-state index contributed by atoms with van der Waals surface area (Å²) in [5.74, 6) is 0. The van der Waals surface area contributed by atoms with Gasteiger partial charge in [-0.1, -0.05) is 14.9 Å². The van der Waals surface area contributed by atoms with Crippen LogP contribution in [0.25, 0.3) is 0 Å². The van der Waals surface area contributed by atoms with Crippen molar-refractivity contribution in [1.82, 2.24) is 0 Å². The first-order valence-electron chi connectivity index (χ1n) is 4.41. The van der Waals surface area contributed by atoms with Crippen LogP contribution in [-0.4, -0.2) is 35.3 Å². The van der Waals surface area contributed by atoms with Crippen LogP contribution in [-0.2, 0) is 8.23 Å². The van der Waals surface area contributed by atoms with E-state index in [9.17, 15) is 9.59 Å². The predicted octanol–water partition coefficient (Wildman–Crippen LogP) is 4.15. The van der Waals surface area contributed by atoms with Crippen molar-refractivity contribution < 1.29 is 17.8 Å². The molecule has 0 aromatic rings. The van der Waals surface area contributed by atoms with Gasteiger partial charge in [0.25, 0.3) is 0 Å². The quantitative estimate of drug-likeness (QED) is 0.427. The minimum absolute atomic E-state index is 0.